The highest BCUT2D eigenvalue weighted by atomic mass is 35.5. The number of anilines is 1. The molecular formula is C32H36Cl3N3O4S. The summed E-state index contributed by atoms with van der Waals surface area (Å²) >= 11 is 18.5. The molecule has 2 amide bonds. The van der Waals surface area contributed by atoms with Crippen LogP contribution in [-0.2, 0) is 26.2 Å². The van der Waals surface area contributed by atoms with Crippen LogP contribution in [0.3, 0.4) is 0 Å². The number of benzene rings is 3. The molecular weight excluding hydrogens is 629 g/mol. The molecule has 0 unspecified atom stereocenters. The van der Waals surface area contributed by atoms with Crippen LogP contribution in [0.2, 0.25) is 15.1 Å². The highest BCUT2D eigenvalue weighted by molar-refractivity contribution is 7.92. The fourth-order valence-electron chi connectivity index (χ4n) is 5.34. The number of hydrogen-bond donors (Lipinski definition) is 1. The number of aryl methyl sites for hydroxylation is 1. The number of carbonyl (C=O) groups excluding carboxylic acids is 2. The Morgan fingerprint density at radius 1 is 0.930 bits per heavy atom. The highest BCUT2D eigenvalue weighted by Crippen LogP contribution is 2.28. The molecule has 43 heavy (non-hydrogen) atoms. The number of nitrogens with one attached hydrogen (secondary N) is 1. The van der Waals surface area contributed by atoms with Crippen molar-refractivity contribution in [1.29, 1.82) is 0 Å². The van der Waals surface area contributed by atoms with Gasteiger partial charge in [-0.2, -0.15) is 0 Å². The fourth-order valence-corrected chi connectivity index (χ4v) is 7.20. The van der Waals surface area contributed by atoms with Gasteiger partial charge in [-0.3, -0.25) is 13.9 Å². The van der Waals surface area contributed by atoms with Crippen molar-refractivity contribution >= 4 is 62.3 Å². The van der Waals surface area contributed by atoms with E-state index in [1.54, 1.807) is 36.4 Å². The second kappa shape index (κ2) is 14.8. The quantitative estimate of drug-likeness (QED) is 0.231. The minimum Gasteiger partial charge on any atom is -0.352 e. The first-order chi connectivity index (χ1) is 20.5. The lowest BCUT2D eigenvalue weighted by atomic mass is 9.95. The van der Waals surface area contributed by atoms with Crippen LogP contribution in [0, 0.1) is 6.92 Å². The van der Waals surface area contributed by atoms with Crippen molar-refractivity contribution in [2.75, 3.05) is 10.8 Å². The Morgan fingerprint density at radius 2 is 1.63 bits per heavy atom. The van der Waals surface area contributed by atoms with Crippen LogP contribution in [-0.4, -0.2) is 43.8 Å². The molecule has 7 nitrogen and oxygen atoms in total. The summed E-state index contributed by atoms with van der Waals surface area (Å²) in [5.74, 6) is -0.791. The third-order valence-electron chi connectivity index (χ3n) is 7.64. The summed E-state index contributed by atoms with van der Waals surface area (Å²) < 4.78 is 29.1. The zero-order valence-corrected chi connectivity index (χ0v) is 27.3. The number of amides is 2. The summed E-state index contributed by atoms with van der Waals surface area (Å²) in [5.41, 5.74) is 1.82. The molecule has 1 saturated carbocycles. The van der Waals surface area contributed by atoms with Gasteiger partial charge in [-0.05, 0) is 85.8 Å². The summed E-state index contributed by atoms with van der Waals surface area (Å²) in [6.07, 6.45) is 5.35. The van der Waals surface area contributed by atoms with E-state index < -0.39 is 28.5 Å². The molecule has 1 aliphatic rings. The number of sulfonamides is 1. The van der Waals surface area contributed by atoms with E-state index in [1.807, 2.05) is 19.9 Å². The molecule has 0 bridgehead atoms. The highest BCUT2D eigenvalue weighted by Gasteiger charge is 2.34. The van der Waals surface area contributed by atoms with Crippen LogP contribution in [0.15, 0.2) is 71.6 Å². The van der Waals surface area contributed by atoms with Gasteiger partial charge in [0, 0.05) is 17.6 Å². The summed E-state index contributed by atoms with van der Waals surface area (Å²) in [5, 5.41) is 4.21. The van der Waals surface area contributed by atoms with Crippen molar-refractivity contribution in [3.63, 3.8) is 0 Å². The number of carbonyl (C=O) groups is 2. The molecule has 230 valence electrons. The molecule has 0 aliphatic heterocycles. The Morgan fingerprint density at radius 3 is 2.26 bits per heavy atom. The maximum Gasteiger partial charge on any atom is 0.264 e. The molecule has 3 aromatic rings. The minimum atomic E-state index is -4.19. The van der Waals surface area contributed by atoms with Gasteiger partial charge in [0.1, 0.15) is 12.6 Å². The lowest BCUT2D eigenvalue weighted by molar-refractivity contribution is -0.140. The van der Waals surface area contributed by atoms with Crippen LogP contribution in [0.4, 0.5) is 5.69 Å². The molecule has 0 radical (unpaired) electrons. The van der Waals surface area contributed by atoms with Crippen molar-refractivity contribution < 1.29 is 18.0 Å². The maximum absolute atomic E-state index is 14.3. The molecule has 0 aromatic heterocycles. The number of hydrogen-bond acceptors (Lipinski definition) is 4. The Labute approximate surface area is 269 Å². The standard InChI is InChI=1S/C32H36Cl3N3O4S/c1-3-30(32(40)36-25-9-5-4-6-10-25)37(20-23-12-17-28(34)29(35)19-23)31(39)21-38(26-11-7-8-22(2)18-26)43(41,42)27-15-13-24(33)14-16-27/h7-8,11-19,25,30H,3-6,9-10,20-21H2,1-2H3,(H,36,40)/t30-/m1/s1. The van der Waals surface area contributed by atoms with Crippen LogP contribution >= 0.6 is 34.8 Å². The predicted molar refractivity (Wildman–Crippen MR) is 173 cm³/mol. The van der Waals surface area contributed by atoms with Gasteiger partial charge in [-0.15, -0.1) is 0 Å². The summed E-state index contributed by atoms with van der Waals surface area (Å²) in [4.78, 5) is 29.3. The van der Waals surface area contributed by atoms with Crippen LogP contribution < -0.4 is 9.62 Å². The summed E-state index contributed by atoms with van der Waals surface area (Å²) in [6, 6.07) is 17.0. The van der Waals surface area contributed by atoms with Gasteiger partial charge in [0.05, 0.1) is 20.6 Å². The van der Waals surface area contributed by atoms with E-state index in [1.165, 1.54) is 29.2 Å². The van der Waals surface area contributed by atoms with Gasteiger partial charge in [-0.25, -0.2) is 8.42 Å². The Bertz CT molecular complexity index is 1540. The van der Waals surface area contributed by atoms with E-state index in [-0.39, 0.29) is 23.4 Å². The molecule has 1 atom stereocenters. The normalized spacial score (nSPS) is 14.6. The smallest absolute Gasteiger partial charge is 0.264 e. The van der Waals surface area contributed by atoms with E-state index in [0.717, 1.165) is 42.0 Å². The molecule has 1 aliphatic carbocycles. The van der Waals surface area contributed by atoms with Crippen LogP contribution in [0.1, 0.15) is 56.6 Å². The summed E-state index contributed by atoms with van der Waals surface area (Å²) in [7, 11) is -4.19. The number of nitrogens with zero attached hydrogens (tertiary/aromatic N) is 2. The molecule has 3 aromatic carbocycles. The largest absolute Gasteiger partial charge is 0.352 e. The zero-order chi connectivity index (χ0) is 31.1. The third-order valence-corrected chi connectivity index (χ3v) is 10.4. The first-order valence-corrected chi connectivity index (χ1v) is 17.0. The average Bonchev–Trinajstić information content (AvgIpc) is 2.98. The van der Waals surface area contributed by atoms with Gasteiger partial charge in [-0.1, -0.05) is 79.2 Å². The Kier molecular flexibility index (Phi) is 11.4. The van der Waals surface area contributed by atoms with Crippen molar-refractivity contribution in [1.82, 2.24) is 10.2 Å². The first-order valence-electron chi connectivity index (χ1n) is 14.4. The lowest BCUT2D eigenvalue weighted by Crippen LogP contribution is -2.54. The van der Waals surface area contributed by atoms with Gasteiger partial charge in [0.15, 0.2) is 0 Å². The molecule has 0 saturated heterocycles. The van der Waals surface area contributed by atoms with Crippen molar-refractivity contribution in [2.45, 2.75) is 75.9 Å². The Balaban J connectivity index is 1.72. The molecule has 4 rings (SSSR count). The second-order valence-corrected chi connectivity index (χ2v) is 14.0. The van der Waals surface area contributed by atoms with E-state index in [2.05, 4.69) is 5.32 Å². The van der Waals surface area contributed by atoms with Gasteiger partial charge < -0.3 is 10.2 Å². The van der Waals surface area contributed by atoms with Crippen molar-refractivity contribution in [3.8, 4) is 0 Å². The minimum absolute atomic E-state index is 0.00989. The average molecular weight is 665 g/mol. The third kappa shape index (κ3) is 8.44. The van der Waals surface area contributed by atoms with Crippen LogP contribution in [0.5, 0.6) is 0 Å². The lowest BCUT2D eigenvalue weighted by Gasteiger charge is -2.34. The second-order valence-electron chi connectivity index (χ2n) is 10.8. The van der Waals surface area contributed by atoms with Crippen molar-refractivity contribution in [3.05, 3.63) is 92.9 Å². The SMILES string of the molecule is CC[C@H](C(=O)NC1CCCCC1)N(Cc1ccc(Cl)c(Cl)c1)C(=O)CN(c1cccc(C)c1)S(=O)(=O)c1ccc(Cl)cc1. The summed E-state index contributed by atoms with van der Waals surface area (Å²) in [6.45, 7) is 3.19. The monoisotopic (exact) mass is 663 g/mol. The fraction of sp³-hybridized carbons (Fsp3) is 0.375. The van der Waals surface area contributed by atoms with Gasteiger partial charge >= 0.3 is 0 Å². The van der Waals surface area contributed by atoms with Gasteiger partial charge in [0.2, 0.25) is 11.8 Å². The van der Waals surface area contributed by atoms with E-state index >= 15 is 0 Å². The number of halogens is 3. The molecule has 0 spiro atoms. The zero-order valence-electron chi connectivity index (χ0n) is 24.2. The molecule has 11 heteroatoms. The van der Waals surface area contributed by atoms with Crippen molar-refractivity contribution in [2.24, 2.45) is 0 Å². The predicted octanol–water partition coefficient (Wildman–Crippen LogP) is 7.41. The number of rotatable bonds is 11. The topological polar surface area (TPSA) is 86.8 Å². The maximum atomic E-state index is 14.3. The van der Waals surface area contributed by atoms with E-state index in [0.29, 0.717) is 32.7 Å². The Hall–Kier alpha value is -2.78. The molecule has 1 fully saturated rings. The molecule has 0 heterocycles. The van der Waals surface area contributed by atoms with Crippen LogP contribution in [0.25, 0.3) is 0 Å². The first kappa shape index (κ1) is 33.1. The van der Waals surface area contributed by atoms with Gasteiger partial charge in [0.25, 0.3) is 10.0 Å². The van der Waals surface area contributed by atoms with E-state index in [9.17, 15) is 18.0 Å². The molecule has 1 N–H and O–H groups in total. The van der Waals surface area contributed by atoms with E-state index in [4.69, 9.17) is 34.8 Å².